The van der Waals surface area contributed by atoms with Gasteiger partial charge in [-0.2, -0.15) is 13.2 Å². The van der Waals surface area contributed by atoms with Crippen LogP contribution in [0.2, 0.25) is 0 Å². The predicted octanol–water partition coefficient (Wildman–Crippen LogP) is 6.74. The topological polar surface area (TPSA) is 29.5 Å². The molecule has 1 aliphatic rings. The lowest BCUT2D eigenvalue weighted by Gasteiger charge is -2.41. The Labute approximate surface area is 202 Å². The molecular weight excluding hydrogens is 458 g/mol. The van der Waals surface area contributed by atoms with Gasteiger partial charge in [0.25, 0.3) is 0 Å². The maximum absolute atomic E-state index is 13.7. The highest BCUT2D eigenvalue weighted by atomic mass is 19.4. The minimum absolute atomic E-state index is 0.0957. The van der Waals surface area contributed by atoms with Crippen LogP contribution in [0.4, 0.5) is 17.6 Å². The molecule has 3 nitrogen and oxygen atoms in total. The Hall–Kier alpha value is -3.19. The second-order valence-electron chi connectivity index (χ2n) is 8.78. The van der Waals surface area contributed by atoms with E-state index in [1.807, 2.05) is 37.3 Å². The monoisotopic (exact) mass is 485 g/mol. The molecule has 1 heterocycles. The molecule has 0 bridgehead atoms. The number of benzene rings is 3. The van der Waals surface area contributed by atoms with E-state index in [1.165, 1.54) is 30.3 Å². The molecule has 0 saturated carbocycles. The number of hydrogen-bond acceptors (Lipinski definition) is 3. The number of ether oxygens (including phenoxy) is 1. The quantitative estimate of drug-likeness (QED) is 0.274. The molecule has 1 saturated heterocycles. The van der Waals surface area contributed by atoms with Crippen molar-refractivity contribution in [3.8, 4) is 5.75 Å². The van der Waals surface area contributed by atoms with Crippen molar-refractivity contribution < 1.29 is 27.1 Å². The fourth-order valence-electron chi connectivity index (χ4n) is 4.74. The van der Waals surface area contributed by atoms with Gasteiger partial charge in [0.2, 0.25) is 0 Å². The summed E-state index contributed by atoms with van der Waals surface area (Å²) in [4.78, 5) is 15.3. The third-order valence-electron chi connectivity index (χ3n) is 6.52. The Bertz CT molecular complexity index is 1130. The van der Waals surface area contributed by atoms with Crippen LogP contribution in [0.1, 0.15) is 47.2 Å². The van der Waals surface area contributed by atoms with E-state index in [1.54, 1.807) is 6.07 Å². The Balaban J connectivity index is 1.55. The SMILES string of the molecule is CCC(C(=O)c1cccc(F)c1)N1CC[C@@H](Oc2ccc(C(F)(F)F)cc2)[C@H](c2ccccc2)C1. The Morgan fingerprint density at radius 1 is 1.03 bits per heavy atom. The zero-order valence-electron chi connectivity index (χ0n) is 19.3. The van der Waals surface area contributed by atoms with Crippen LogP contribution in [0, 0.1) is 5.82 Å². The van der Waals surface area contributed by atoms with Crippen LogP contribution in [0.5, 0.6) is 5.75 Å². The molecule has 1 aliphatic heterocycles. The summed E-state index contributed by atoms with van der Waals surface area (Å²) in [6, 6.07) is 19.8. The van der Waals surface area contributed by atoms with E-state index in [9.17, 15) is 22.4 Å². The van der Waals surface area contributed by atoms with Crippen molar-refractivity contribution in [2.24, 2.45) is 0 Å². The molecule has 1 unspecified atom stereocenters. The summed E-state index contributed by atoms with van der Waals surface area (Å²) in [5, 5.41) is 0. The highest BCUT2D eigenvalue weighted by Crippen LogP contribution is 2.34. The smallest absolute Gasteiger partial charge is 0.416 e. The lowest BCUT2D eigenvalue weighted by Crippen LogP contribution is -2.50. The Morgan fingerprint density at radius 2 is 1.74 bits per heavy atom. The first kappa shape index (κ1) is 24.9. The number of nitrogens with zero attached hydrogens (tertiary/aromatic N) is 1. The van der Waals surface area contributed by atoms with Crippen molar-refractivity contribution >= 4 is 5.78 Å². The van der Waals surface area contributed by atoms with Gasteiger partial charge in [0, 0.05) is 24.6 Å². The fourth-order valence-corrected chi connectivity index (χ4v) is 4.74. The molecule has 0 aromatic heterocycles. The summed E-state index contributed by atoms with van der Waals surface area (Å²) < 4.78 is 58.7. The minimum Gasteiger partial charge on any atom is -0.490 e. The van der Waals surface area contributed by atoms with Crippen molar-refractivity contribution in [2.75, 3.05) is 13.1 Å². The van der Waals surface area contributed by atoms with Crippen LogP contribution < -0.4 is 4.74 Å². The number of ketones is 1. The van der Waals surface area contributed by atoms with Gasteiger partial charge in [-0.05, 0) is 54.8 Å². The molecule has 0 aliphatic carbocycles. The maximum atomic E-state index is 13.7. The van der Waals surface area contributed by atoms with Gasteiger partial charge in [0.05, 0.1) is 11.6 Å². The first-order valence-corrected chi connectivity index (χ1v) is 11.7. The summed E-state index contributed by atoms with van der Waals surface area (Å²) in [6.07, 6.45) is -3.51. The van der Waals surface area contributed by atoms with Gasteiger partial charge < -0.3 is 4.74 Å². The Morgan fingerprint density at radius 3 is 2.37 bits per heavy atom. The maximum Gasteiger partial charge on any atom is 0.416 e. The van der Waals surface area contributed by atoms with E-state index < -0.39 is 23.6 Å². The molecular formula is C28H27F4NO2. The van der Waals surface area contributed by atoms with Crippen LogP contribution in [-0.4, -0.2) is 35.9 Å². The third-order valence-corrected chi connectivity index (χ3v) is 6.52. The van der Waals surface area contributed by atoms with E-state index in [0.29, 0.717) is 37.2 Å². The zero-order valence-corrected chi connectivity index (χ0v) is 19.3. The van der Waals surface area contributed by atoms with E-state index in [4.69, 9.17) is 4.74 Å². The van der Waals surface area contributed by atoms with Gasteiger partial charge in [0.15, 0.2) is 5.78 Å². The van der Waals surface area contributed by atoms with Crippen molar-refractivity contribution in [3.05, 3.63) is 101 Å². The van der Waals surface area contributed by atoms with Gasteiger partial charge >= 0.3 is 6.18 Å². The molecule has 0 spiro atoms. The zero-order chi connectivity index (χ0) is 25.0. The number of halogens is 4. The number of carbonyl (C=O) groups is 1. The third kappa shape index (κ3) is 5.90. The summed E-state index contributed by atoms with van der Waals surface area (Å²) >= 11 is 0. The van der Waals surface area contributed by atoms with Gasteiger partial charge in [-0.3, -0.25) is 9.69 Å². The number of hydrogen-bond donors (Lipinski definition) is 0. The standard InChI is InChI=1S/C28H27F4NO2/c1-2-25(27(34)20-9-6-10-22(29)17-20)33-16-15-26(24(18-33)19-7-4-3-5-8-19)35-23-13-11-21(12-14-23)28(30,31)32/h3-14,17,24-26H,2,15-16,18H2,1H3/t24-,25?,26+/m0/s1. The van der Waals surface area contributed by atoms with Crippen molar-refractivity contribution in [1.29, 1.82) is 0 Å². The largest absolute Gasteiger partial charge is 0.490 e. The summed E-state index contributed by atoms with van der Waals surface area (Å²) in [5.41, 5.74) is 0.652. The second kappa shape index (κ2) is 10.6. The van der Waals surface area contributed by atoms with Crippen molar-refractivity contribution in [1.82, 2.24) is 4.90 Å². The average molecular weight is 486 g/mol. The molecule has 3 aromatic rings. The number of carbonyl (C=O) groups excluding carboxylic acids is 1. The highest BCUT2D eigenvalue weighted by Gasteiger charge is 2.37. The second-order valence-corrected chi connectivity index (χ2v) is 8.78. The molecule has 184 valence electrons. The van der Waals surface area contributed by atoms with Crippen LogP contribution in [-0.2, 0) is 6.18 Å². The Kier molecular flexibility index (Phi) is 7.55. The summed E-state index contributed by atoms with van der Waals surface area (Å²) in [6.45, 7) is 3.05. The summed E-state index contributed by atoms with van der Waals surface area (Å²) in [7, 11) is 0. The number of piperidine rings is 1. The molecule has 35 heavy (non-hydrogen) atoms. The van der Waals surface area contributed by atoms with Crippen molar-refractivity contribution in [2.45, 2.75) is 44.0 Å². The number of Topliss-reactive ketones (excluding diaryl/α,β-unsaturated/α-hetero) is 1. The molecule has 7 heteroatoms. The first-order valence-electron chi connectivity index (χ1n) is 11.7. The average Bonchev–Trinajstić information content (AvgIpc) is 2.85. The first-order chi connectivity index (χ1) is 16.8. The van der Waals surface area contributed by atoms with E-state index in [0.717, 1.165) is 17.7 Å². The van der Waals surface area contributed by atoms with Gasteiger partial charge in [-0.25, -0.2) is 4.39 Å². The molecule has 4 rings (SSSR count). The van der Waals surface area contributed by atoms with E-state index in [-0.39, 0.29) is 17.8 Å². The highest BCUT2D eigenvalue weighted by molar-refractivity contribution is 6.00. The van der Waals surface area contributed by atoms with E-state index in [2.05, 4.69) is 4.90 Å². The predicted molar refractivity (Wildman–Crippen MR) is 126 cm³/mol. The normalized spacial score (nSPS) is 19.8. The number of alkyl halides is 3. The molecule has 3 aromatic carbocycles. The molecule has 3 atom stereocenters. The summed E-state index contributed by atoms with van der Waals surface area (Å²) in [5.74, 6) is -0.292. The van der Waals surface area contributed by atoms with Crippen LogP contribution >= 0.6 is 0 Å². The molecule has 0 radical (unpaired) electrons. The van der Waals surface area contributed by atoms with Crippen molar-refractivity contribution in [3.63, 3.8) is 0 Å². The van der Waals surface area contributed by atoms with Gasteiger partial charge in [0.1, 0.15) is 17.7 Å². The molecule has 0 N–H and O–H groups in total. The van der Waals surface area contributed by atoms with Crippen LogP contribution in [0.25, 0.3) is 0 Å². The van der Waals surface area contributed by atoms with Gasteiger partial charge in [-0.15, -0.1) is 0 Å². The van der Waals surface area contributed by atoms with Crippen LogP contribution in [0.15, 0.2) is 78.9 Å². The van der Waals surface area contributed by atoms with Crippen LogP contribution in [0.3, 0.4) is 0 Å². The fraction of sp³-hybridized carbons (Fsp3) is 0.321. The molecule has 1 fully saturated rings. The lowest BCUT2D eigenvalue weighted by atomic mass is 9.86. The minimum atomic E-state index is -4.40. The van der Waals surface area contributed by atoms with Gasteiger partial charge in [-0.1, -0.05) is 49.4 Å². The van der Waals surface area contributed by atoms with E-state index >= 15 is 0 Å². The number of likely N-dealkylation sites (tertiary alicyclic amines) is 1. The lowest BCUT2D eigenvalue weighted by molar-refractivity contribution is -0.137. The number of rotatable bonds is 7. The molecule has 0 amide bonds.